The van der Waals surface area contributed by atoms with Gasteiger partial charge in [0.05, 0.1) is 0 Å². The molecular weight excluding hydrogens is 208 g/mol. The lowest BCUT2D eigenvalue weighted by Gasteiger charge is -1.70. The maximum absolute atomic E-state index is 5.11. The van der Waals surface area contributed by atoms with Gasteiger partial charge in [0, 0.05) is 0 Å². The van der Waals surface area contributed by atoms with Crippen LogP contribution in [0.2, 0.25) is 0 Å². The molecular formula is CHBr2Cl. The molecule has 0 rings (SSSR count). The molecule has 0 saturated heterocycles. The summed E-state index contributed by atoms with van der Waals surface area (Å²) < 4.78 is -0.0694. The Kier molecular flexibility index (Phi) is 3.26. The van der Waals surface area contributed by atoms with Crippen LogP contribution in [-0.2, 0) is 0 Å². The van der Waals surface area contributed by atoms with Crippen LogP contribution in [0.15, 0.2) is 0 Å². The highest BCUT2D eigenvalue weighted by Crippen LogP contribution is 2.10. The predicted molar refractivity (Wildman–Crippen MR) is 27.5 cm³/mol. The Morgan fingerprint density at radius 3 is 1.50 bits per heavy atom. The Morgan fingerprint density at radius 2 is 1.50 bits per heavy atom. The zero-order valence-corrected chi connectivity index (χ0v) is 5.64. The first-order valence-corrected chi connectivity index (χ1v) is 2.92. The standard InChI is InChI=1S/CHBr2Cl/c2-1(3)4/h1H/i1+1. The van der Waals surface area contributed by atoms with E-state index < -0.39 is 0 Å². The predicted octanol–water partition coefficient (Wildman–Crippen LogP) is 2.30. The fourth-order valence-electron chi connectivity index (χ4n) is 0. The summed E-state index contributed by atoms with van der Waals surface area (Å²) in [5.41, 5.74) is 0. The van der Waals surface area contributed by atoms with Crippen molar-refractivity contribution in [3.8, 4) is 0 Å². The third kappa shape index (κ3) is 10.5. The van der Waals surface area contributed by atoms with Gasteiger partial charge in [0.2, 0.25) is 0 Å². The van der Waals surface area contributed by atoms with Gasteiger partial charge in [-0.05, 0) is 0 Å². The maximum atomic E-state index is 5.11. The second kappa shape index (κ2) is 2.49. The molecule has 0 aromatic rings. The molecule has 0 aliphatic rings. The maximum Gasteiger partial charge on any atom is 0.143 e. The van der Waals surface area contributed by atoms with Gasteiger partial charge in [-0.3, -0.25) is 0 Å². The van der Waals surface area contributed by atoms with Gasteiger partial charge in [0.1, 0.15) is 3.20 Å². The van der Waals surface area contributed by atoms with Crippen LogP contribution in [0.4, 0.5) is 0 Å². The minimum atomic E-state index is -0.0694. The third-order valence-corrected chi connectivity index (χ3v) is 0. The van der Waals surface area contributed by atoms with Gasteiger partial charge in [-0.1, -0.05) is 43.5 Å². The van der Waals surface area contributed by atoms with E-state index >= 15 is 0 Å². The van der Waals surface area contributed by atoms with Crippen molar-refractivity contribution in [2.75, 3.05) is 0 Å². The summed E-state index contributed by atoms with van der Waals surface area (Å²) in [7, 11) is 0. The molecule has 4 heavy (non-hydrogen) atoms. The quantitative estimate of drug-likeness (QED) is 0.424. The summed E-state index contributed by atoms with van der Waals surface area (Å²) in [6, 6.07) is 0. The molecule has 0 heterocycles. The van der Waals surface area contributed by atoms with Crippen LogP contribution in [-0.4, -0.2) is 3.20 Å². The smallest absolute Gasteiger partial charge is 0.0977 e. The Labute approximate surface area is 46.8 Å². The molecule has 0 amide bonds. The van der Waals surface area contributed by atoms with Crippen molar-refractivity contribution >= 4 is 43.5 Å². The Hall–Kier alpha value is 1.25. The summed E-state index contributed by atoms with van der Waals surface area (Å²) in [5, 5.41) is 0. The van der Waals surface area contributed by atoms with Gasteiger partial charge < -0.3 is 0 Å². The van der Waals surface area contributed by atoms with E-state index in [1.807, 2.05) is 0 Å². The normalized spacial score (nSPS) is 9.00. The molecule has 0 spiro atoms. The van der Waals surface area contributed by atoms with E-state index in [9.17, 15) is 0 Å². The monoisotopic (exact) mass is 207 g/mol. The van der Waals surface area contributed by atoms with E-state index in [4.69, 9.17) is 11.6 Å². The molecule has 0 aliphatic heterocycles. The first kappa shape index (κ1) is 5.25. The fraction of sp³-hybridized carbons (Fsp3) is 1.00. The highest BCUT2D eigenvalue weighted by atomic mass is 79.9. The van der Waals surface area contributed by atoms with Gasteiger partial charge in [-0.2, -0.15) is 0 Å². The summed E-state index contributed by atoms with van der Waals surface area (Å²) in [6.45, 7) is 0. The lowest BCUT2D eigenvalue weighted by molar-refractivity contribution is 2.16. The van der Waals surface area contributed by atoms with Gasteiger partial charge in [0.15, 0.2) is 0 Å². The summed E-state index contributed by atoms with van der Waals surface area (Å²) in [5.74, 6) is 0. The van der Waals surface area contributed by atoms with E-state index in [1.54, 1.807) is 0 Å². The number of hydrogen-bond donors (Lipinski definition) is 0. The first-order valence-electron chi connectivity index (χ1n) is 0.655. The molecule has 0 bridgehead atoms. The molecule has 0 radical (unpaired) electrons. The number of alkyl halides is 3. The van der Waals surface area contributed by atoms with Gasteiger partial charge >= 0.3 is 0 Å². The zero-order valence-electron chi connectivity index (χ0n) is 1.71. The number of halogens is 3. The molecule has 0 unspecified atom stereocenters. The van der Waals surface area contributed by atoms with Crippen LogP contribution in [0.3, 0.4) is 0 Å². The SMILES string of the molecule is Cl[13CH](Br)Br. The largest absolute Gasteiger partial charge is 0.143 e. The molecule has 0 aromatic carbocycles. The summed E-state index contributed by atoms with van der Waals surface area (Å²) in [4.78, 5) is 0. The number of hydrogen-bond acceptors (Lipinski definition) is 0. The van der Waals surface area contributed by atoms with Crippen molar-refractivity contribution in [2.24, 2.45) is 0 Å². The molecule has 3 heteroatoms. The number of rotatable bonds is 0. The lowest BCUT2D eigenvalue weighted by Crippen LogP contribution is -1.51. The second-order valence-corrected chi connectivity index (χ2v) is 4.80. The second-order valence-electron chi connectivity index (χ2n) is 0.247. The Balaban J connectivity index is 2.32. The van der Waals surface area contributed by atoms with E-state index in [-0.39, 0.29) is 3.20 Å². The minimum absolute atomic E-state index is 0.0694. The van der Waals surface area contributed by atoms with Gasteiger partial charge in [0.25, 0.3) is 0 Å². The molecule has 0 aliphatic carbocycles. The lowest BCUT2D eigenvalue weighted by atomic mass is 12.9. The highest BCUT2D eigenvalue weighted by molar-refractivity contribution is 9.25. The van der Waals surface area contributed by atoms with Crippen LogP contribution >= 0.6 is 43.5 Å². The Morgan fingerprint density at radius 1 is 1.50 bits per heavy atom. The molecule has 0 N–H and O–H groups in total. The van der Waals surface area contributed by atoms with Crippen LogP contribution in [0.1, 0.15) is 0 Å². The van der Waals surface area contributed by atoms with Crippen LogP contribution < -0.4 is 0 Å². The minimum Gasteiger partial charge on any atom is -0.0977 e. The molecule has 0 aromatic heterocycles. The van der Waals surface area contributed by atoms with Crippen molar-refractivity contribution < 1.29 is 0 Å². The average Bonchev–Trinajstić information content (AvgIpc) is 0.811. The van der Waals surface area contributed by atoms with Crippen molar-refractivity contribution in [3.63, 3.8) is 0 Å². The summed E-state index contributed by atoms with van der Waals surface area (Å²) in [6.07, 6.45) is 0. The van der Waals surface area contributed by atoms with Gasteiger partial charge in [-0.25, -0.2) is 0 Å². The Bertz CT molecular complexity index is 10.8. The van der Waals surface area contributed by atoms with Crippen molar-refractivity contribution in [1.82, 2.24) is 0 Å². The highest BCUT2D eigenvalue weighted by Gasteiger charge is 1.77. The molecule has 0 saturated carbocycles. The fourth-order valence-corrected chi connectivity index (χ4v) is 0. The molecule has 26 valence electrons. The van der Waals surface area contributed by atoms with Crippen molar-refractivity contribution in [3.05, 3.63) is 0 Å². The van der Waals surface area contributed by atoms with Crippen LogP contribution in [0.25, 0.3) is 0 Å². The van der Waals surface area contributed by atoms with E-state index in [1.165, 1.54) is 0 Å². The van der Waals surface area contributed by atoms with Crippen molar-refractivity contribution in [1.29, 1.82) is 0 Å². The molecule has 0 atom stereocenters. The molecule has 0 fully saturated rings. The van der Waals surface area contributed by atoms with Crippen LogP contribution in [0.5, 0.6) is 0 Å². The van der Waals surface area contributed by atoms with Crippen LogP contribution in [0, 0.1) is 0 Å². The van der Waals surface area contributed by atoms with E-state index in [0.29, 0.717) is 0 Å². The van der Waals surface area contributed by atoms with E-state index in [2.05, 4.69) is 31.9 Å². The average molecular weight is 209 g/mol. The zero-order chi connectivity index (χ0) is 3.58. The summed E-state index contributed by atoms with van der Waals surface area (Å²) >= 11 is 11.0. The topological polar surface area (TPSA) is 0 Å². The van der Waals surface area contributed by atoms with Gasteiger partial charge in [-0.15, -0.1) is 0 Å². The van der Waals surface area contributed by atoms with Crippen molar-refractivity contribution in [2.45, 2.75) is 3.20 Å². The third-order valence-electron chi connectivity index (χ3n) is 0. The first-order chi connectivity index (χ1) is 1.73. The molecule has 0 nitrogen and oxygen atoms in total. The van der Waals surface area contributed by atoms with E-state index in [0.717, 1.165) is 0 Å².